The van der Waals surface area contributed by atoms with Crippen LogP contribution in [-0.4, -0.2) is 52.8 Å². The van der Waals surface area contributed by atoms with E-state index in [4.69, 9.17) is 14.2 Å². The zero-order valence-corrected chi connectivity index (χ0v) is 23.4. The maximum Gasteiger partial charge on any atom is 0.428 e. The molecule has 0 aliphatic carbocycles. The lowest BCUT2D eigenvalue weighted by Crippen LogP contribution is -2.61. The zero-order chi connectivity index (χ0) is 28.8. The number of rotatable bonds is 8. The average molecular weight is 551 g/mol. The Morgan fingerprint density at radius 2 is 1.77 bits per heavy atom. The van der Waals surface area contributed by atoms with Crippen LogP contribution in [0, 0.1) is 11.3 Å². The number of hydrazone groups is 1. The molecule has 1 aliphatic rings. The van der Waals surface area contributed by atoms with Gasteiger partial charge in [-0.25, -0.2) is 20.0 Å². The van der Waals surface area contributed by atoms with Crippen molar-refractivity contribution in [3.05, 3.63) is 65.7 Å². The second kappa shape index (κ2) is 11.7. The Morgan fingerprint density at radius 3 is 2.31 bits per heavy atom. The first-order valence-electron chi connectivity index (χ1n) is 12.1. The number of nitrogens with one attached hydrogen (secondary N) is 1. The molecule has 0 spiro atoms. The number of nitriles is 1. The molecule has 2 aromatic carbocycles. The van der Waals surface area contributed by atoms with E-state index in [0.29, 0.717) is 11.3 Å². The van der Waals surface area contributed by atoms with Crippen molar-refractivity contribution in [3.8, 4) is 11.8 Å². The first kappa shape index (κ1) is 29.4. The predicted molar refractivity (Wildman–Crippen MR) is 148 cm³/mol. The first-order chi connectivity index (χ1) is 18.4. The highest BCUT2D eigenvalue weighted by Crippen LogP contribution is 2.52. The van der Waals surface area contributed by atoms with E-state index in [0.717, 1.165) is 11.8 Å². The molecule has 204 valence electrons. The van der Waals surface area contributed by atoms with Crippen molar-refractivity contribution in [1.29, 1.82) is 5.26 Å². The van der Waals surface area contributed by atoms with Gasteiger partial charge in [-0.3, -0.25) is 4.79 Å². The summed E-state index contributed by atoms with van der Waals surface area (Å²) in [6.45, 7) is 8.07. The summed E-state index contributed by atoms with van der Waals surface area (Å²) in [6.07, 6.45) is -0.873. The van der Waals surface area contributed by atoms with Gasteiger partial charge in [0.05, 0.1) is 25.5 Å². The van der Waals surface area contributed by atoms with E-state index in [-0.39, 0.29) is 22.9 Å². The van der Waals surface area contributed by atoms with E-state index < -0.39 is 33.7 Å². The molecule has 2 aromatic rings. The summed E-state index contributed by atoms with van der Waals surface area (Å²) < 4.78 is 13.8. The van der Waals surface area contributed by atoms with Crippen molar-refractivity contribution in [2.45, 2.75) is 50.4 Å². The smallest absolute Gasteiger partial charge is 0.428 e. The highest BCUT2D eigenvalue weighted by atomic mass is 32.2. The number of carbonyl (C=O) groups is 3. The number of benzene rings is 2. The molecule has 1 N–H and O–H groups in total. The fraction of sp³-hybridized carbons (Fsp3) is 0.357. The highest BCUT2D eigenvalue weighted by Gasteiger charge is 2.69. The van der Waals surface area contributed by atoms with Gasteiger partial charge in [0.1, 0.15) is 16.4 Å². The van der Waals surface area contributed by atoms with E-state index in [9.17, 15) is 19.6 Å². The molecule has 11 heteroatoms. The second-order valence-corrected chi connectivity index (χ2v) is 10.7. The van der Waals surface area contributed by atoms with Gasteiger partial charge in [-0.05, 0) is 64.4 Å². The molecule has 10 nitrogen and oxygen atoms in total. The maximum absolute atomic E-state index is 14.0. The van der Waals surface area contributed by atoms with Crippen molar-refractivity contribution < 1.29 is 28.6 Å². The molecule has 0 fully saturated rings. The van der Waals surface area contributed by atoms with Gasteiger partial charge in [0, 0.05) is 5.56 Å². The summed E-state index contributed by atoms with van der Waals surface area (Å²) >= 11 is 0.900. The van der Waals surface area contributed by atoms with Gasteiger partial charge in [0.25, 0.3) is 5.91 Å². The second-order valence-electron chi connectivity index (χ2n) is 9.49. The molecular formula is C28H30N4O6S. The number of methoxy groups -OCH3 is 1. The molecule has 39 heavy (non-hydrogen) atoms. The quantitative estimate of drug-likeness (QED) is 0.290. The predicted octanol–water partition coefficient (Wildman–Crippen LogP) is 4.38. The SMILES string of the molecule is CCOC(=O)C(C#N)(c1ccccc1)C1(/C(C)=N/NC(=O)OC(C)(C)C)SC(c2ccc(OC)cc2)=NC1=O. The van der Waals surface area contributed by atoms with Crippen molar-refractivity contribution >= 4 is 40.5 Å². The average Bonchev–Trinajstić information content (AvgIpc) is 3.26. The lowest BCUT2D eigenvalue weighted by Gasteiger charge is -2.39. The molecule has 0 aromatic heterocycles. The monoisotopic (exact) mass is 550 g/mol. The topological polar surface area (TPSA) is 139 Å². The van der Waals surface area contributed by atoms with Crippen LogP contribution in [0.4, 0.5) is 4.79 Å². The number of ether oxygens (including phenoxy) is 3. The van der Waals surface area contributed by atoms with Gasteiger partial charge < -0.3 is 14.2 Å². The lowest BCUT2D eigenvalue weighted by molar-refractivity contribution is -0.149. The minimum absolute atomic E-state index is 0.0391. The third-order valence-electron chi connectivity index (χ3n) is 5.80. The van der Waals surface area contributed by atoms with Crippen molar-refractivity contribution in [1.82, 2.24) is 5.43 Å². The van der Waals surface area contributed by atoms with Gasteiger partial charge in [0.2, 0.25) is 5.41 Å². The van der Waals surface area contributed by atoms with Crippen LogP contribution in [0.15, 0.2) is 64.7 Å². The molecule has 0 bridgehead atoms. The molecule has 0 saturated heterocycles. The van der Waals surface area contributed by atoms with E-state index in [1.165, 1.54) is 14.0 Å². The van der Waals surface area contributed by atoms with Crippen LogP contribution in [-0.2, 0) is 24.5 Å². The van der Waals surface area contributed by atoms with Gasteiger partial charge in [-0.15, -0.1) is 0 Å². The molecule has 0 radical (unpaired) electrons. The van der Waals surface area contributed by atoms with Crippen LogP contribution < -0.4 is 10.2 Å². The van der Waals surface area contributed by atoms with Crippen LogP contribution in [0.2, 0.25) is 0 Å². The Balaban J connectivity index is 2.25. The number of esters is 1. The Kier molecular flexibility index (Phi) is 8.81. The van der Waals surface area contributed by atoms with Crippen LogP contribution in [0.5, 0.6) is 5.75 Å². The van der Waals surface area contributed by atoms with Crippen molar-refractivity contribution in [2.75, 3.05) is 13.7 Å². The van der Waals surface area contributed by atoms with Crippen LogP contribution in [0.3, 0.4) is 0 Å². The third kappa shape index (κ3) is 5.66. The molecule has 0 saturated carbocycles. The van der Waals surface area contributed by atoms with E-state index in [1.54, 1.807) is 82.3 Å². The molecule has 1 heterocycles. The Bertz CT molecular complexity index is 1340. The Hall–Kier alpha value is -4.17. The molecule has 1 aliphatic heterocycles. The number of nitrogens with zero attached hydrogens (tertiary/aromatic N) is 3. The molecule has 2 atom stereocenters. The number of aliphatic imine (C=N–C) groups is 1. The molecule has 2 amide bonds. The summed E-state index contributed by atoms with van der Waals surface area (Å²) in [7, 11) is 1.53. The molecular weight excluding hydrogens is 520 g/mol. The summed E-state index contributed by atoms with van der Waals surface area (Å²) in [4.78, 5) is 44.4. The fourth-order valence-electron chi connectivity index (χ4n) is 4.07. The number of thioether (sulfide) groups is 1. The maximum atomic E-state index is 14.0. The minimum Gasteiger partial charge on any atom is -0.497 e. The summed E-state index contributed by atoms with van der Waals surface area (Å²) in [5, 5.41) is 15.1. The van der Waals surface area contributed by atoms with E-state index in [1.807, 2.05) is 0 Å². The minimum atomic E-state index is -2.22. The first-order valence-corrected chi connectivity index (χ1v) is 12.9. The van der Waals surface area contributed by atoms with Gasteiger partial charge in [0.15, 0.2) is 4.75 Å². The molecule has 2 unspecified atom stereocenters. The van der Waals surface area contributed by atoms with Gasteiger partial charge in [-0.1, -0.05) is 42.1 Å². The standard InChI is InChI=1S/C28H30N4O6S/c1-7-37-24(34)27(17-29,20-11-9-8-10-12-20)28(18(2)31-32-25(35)38-26(3,4)5)23(33)30-22(39-28)19-13-15-21(36-6)16-14-19/h8-16H,7H2,1-6H3,(H,32,35)/b31-18+. The third-order valence-corrected chi connectivity index (χ3v) is 7.40. The fourth-order valence-corrected chi connectivity index (χ4v) is 5.47. The largest absolute Gasteiger partial charge is 0.497 e. The van der Waals surface area contributed by atoms with Gasteiger partial charge >= 0.3 is 12.1 Å². The lowest BCUT2D eigenvalue weighted by atomic mass is 9.68. The summed E-state index contributed by atoms with van der Waals surface area (Å²) in [6, 6.07) is 17.1. The number of hydrogen-bond donors (Lipinski definition) is 1. The summed E-state index contributed by atoms with van der Waals surface area (Å²) in [5.74, 6) is -1.15. The number of amides is 2. The van der Waals surface area contributed by atoms with Gasteiger partial charge in [-0.2, -0.15) is 10.4 Å². The normalized spacial score (nSPS) is 18.8. The van der Waals surface area contributed by atoms with E-state index in [2.05, 4.69) is 21.6 Å². The van der Waals surface area contributed by atoms with Crippen molar-refractivity contribution in [3.63, 3.8) is 0 Å². The number of hydrogen-bond acceptors (Lipinski definition) is 9. The van der Waals surface area contributed by atoms with Crippen LogP contribution >= 0.6 is 11.8 Å². The highest BCUT2D eigenvalue weighted by molar-refractivity contribution is 8.17. The summed E-state index contributed by atoms with van der Waals surface area (Å²) in [5.41, 5.74) is -0.0117. The Labute approximate surface area is 231 Å². The number of carbonyl (C=O) groups excluding carboxylic acids is 3. The van der Waals surface area contributed by atoms with Crippen molar-refractivity contribution in [2.24, 2.45) is 10.1 Å². The van der Waals surface area contributed by atoms with Crippen LogP contribution in [0.1, 0.15) is 45.7 Å². The zero-order valence-electron chi connectivity index (χ0n) is 22.6. The molecule has 3 rings (SSSR count). The van der Waals surface area contributed by atoms with Crippen LogP contribution in [0.25, 0.3) is 0 Å². The van der Waals surface area contributed by atoms with E-state index >= 15 is 0 Å². The Morgan fingerprint density at radius 1 is 1.13 bits per heavy atom.